The van der Waals surface area contributed by atoms with Crippen LogP contribution >= 0.6 is 11.3 Å². The van der Waals surface area contributed by atoms with Crippen LogP contribution in [0.15, 0.2) is 46.2 Å². The van der Waals surface area contributed by atoms with Crippen molar-refractivity contribution in [3.63, 3.8) is 0 Å². The Labute approximate surface area is 227 Å². The SMILES string of the molecule is Cc1cc(OCc2ccc(C(=O)[O-])cc2C)c(N(CC(C)C)S(=O)(=O)c2nccs2)cc1C.[Na+]. The molecule has 0 aliphatic carbocycles. The second-order valence-electron chi connectivity index (χ2n) is 8.35. The van der Waals surface area contributed by atoms with E-state index < -0.39 is 16.0 Å². The molecule has 7 nitrogen and oxygen atoms in total. The molecule has 176 valence electrons. The topological polar surface area (TPSA) is 99.6 Å². The summed E-state index contributed by atoms with van der Waals surface area (Å²) in [4.78, 5) is 15.1. The number of hydrogen-bond donors (Lipinski definition) is 0. The standard InChI is InChI=1S/C24H28N2O5S2.Na/c1-15(2)13-26(33(29,30)24-25-8-9-32-24)21-11-16(3)17(4)12-22(21)31-14-20-7-6-19(23(27)28)10-18(20)5;/h6-12,15H,13-14H2,1-5H3,(H,27,28);/q;+1/p-1. The molecule has 0 atom stereocenters. The molecule has 0 bridgehead atoms. The summed E-state index contributed by atoms with van der Waals surface area (Å²) in [7, 11) is -3.88. The van der Waals surface area contributed by atoms with Crippen LogP contribution in [0.25, 0.3) is 0 Å². The minimum absolute atomic E-state index is 0. The average molecular weight is 511 g/mol. The summed E-state index contributed by atoms with van der Waals surface area (Å²) in [5, 5.41) is 12.7. The van der Waals surface area contributed by atoms with Gasteiger partial charge in [-0.2, -0.15) is 8.42 Å². The molecule has 3 rings (SSSR count). The molecule has 0 N–H and O–H groups in total. The van der Waals surface area contributed by atoms with Crippen molar-refractivity contribution in [2.45, 2.75) is 45.6 Å². The van der Waals surface area contributed by atoms with Crippen LogP contribution in [0, 0.1) is 26.7 Å². The van der Waals surface area contributed by atoms with Crippen molar-refractivity contribution in [3.8, 4) is 5.75 Å². The van der Waals surface area contributed by atoms with Gasteiger partial charge in [-0.3, -0.25) is 4.31 Å². The number of aromatic nitrogens is 1. The number of carbonyl (C=O) groups excluding carboxylic acids is 1. The number of aromatic carboxylic acids is 1. The van der Waals surface area contributed by atoms with Crippen LogP contribution in [0.5, 0.6) is 5.75 Å². The molecule has 0 amide bonds. The molecule has 0 spiro atoms. The average Bonchev–Trinajstić information content (AvgIpc) is 3.29. The van der Waals surface area contributed by atoms with Crippen LogP contribution in [0.3, 0.4) is 0 Å². The molecule has 1 heterocycles. The van der Waals surface area contributed by atoms with Gasteiger partial charge in [-0.25, -0.2) is 4.98 Å². The van der Waals surface area contributed by atoms with Crippen molar-refractivity contribution in [1.82, 2.24) is 4.98 Å². The number of carboxylic acid groups (broad SMARTS) is 1. The van der Waals surface area contributed by atoms with Gasteiger partial charge in [0.2, 0.25) is 4.34 Å². The molecular formula is C24H27N2NaO5S2. The van der Waals surface area contributed by atoms with Gasteiger partial charge < -0.3 is 14.6 Å². The summed E-state index contributed by atoms with van der Waals surface area (Å²) in [6, 6.07) is 8.34. The number of thiazole rings is 1. The van der Waals surface area contributed by atoms with Crippen molar-refractivity contribution in [2.75, 3.05) is 10.8 Å². The third-order valence-electron chi connectivity index (χ3n) is 5.26. The monoisotopic (exact) mass is 510 g/mol. The zero-order chi connectivity index (χ0) is 24.3. The first-order valence-electron chi connectivity index (χ1n) is 10.5. The number of aryl methyl sites for hydroxylation is 3. The van der Waals surface area contributed by atoms with E-state index in [1.165, 1.54) is 22.6 Å². The Kier molecular flexibility index (Phi) is 9.73. The van der Waals surface area contributed by atoms with Crippen LogP contribution < -0.4 is 43.7 Å². The van der Waals surface area contributed by atoms with E-state index >= 15 is 0 Å². The maximum atomic E-state index is 13.5. The first-order valence-corrected chi connectivity index (χ1v) is 12.8. The van der Waals surface area contributed by atoms with Gasteiger partial charge in [0.1, 0.15) is 12.4 Å². The van der Waals surface area contributed by atoms with E-state index in [1.54, 1.807) is 18.4 Å². The van der Waals surface area contributed by atoms with E-state index in [4.69, 9.17) is 4.74 Å². The first kappa shape index (κ1) is 28.3. The van der Waals surface area contributed by atoms with Gasteiger partial charge in [0, 0.05) is 18.1 Å². The number of benzene rings is 2. The van der Waals surface area contributed by atoms with E-state index in [9.17, 15) is 18.3 Å². The van der Waals surface area contributed by atoms with Gasteiger partial charge in [0.15, 0.2) is 0 Å². The zero-order valence-corrected chi connectivity index (χ0v) is 23.9. The second-order valence-corrected chi connectivity index (χ2v) is 11.3. The van der Waals surface area contributed by atoms with Crippen molar-refractivity contribution in [2.24, 2.45) is 5.92 Å². The Bertz CT molecular complexity index is 1260. The zero-order valence-electron chi connectivity index (χ0n) is 20.3. The van der Waals surface area contributed by atoms with Crippen LogP contribution in [0.4, 0.5) is 5.69 Å². The quantitative estimate of drug-likeness (QED) is 0.396. The minimum atomic E-state index is -3.88. The Hall–Kier alpha value is -1.91. The molecule has 0 radical (unpaired) electrons. The predicted octanol–water partition coefficient (Wildman–Crippen LogP) is 0.866. The van der Waals surface area contributed by atoms with E-state index in [0.29, 0.717) is 11.4 Å². The third-order valence-corrected chi connectivity index (χ3v) is 8.22. The smallest absolute Gasteiger partial charge is 0.545 e. The summed E-state index contributed by atoms with van der Waals surface area (Å²) in [5.74, 6) is -0.741. The Morgan fingerprint density at radius 2 is 1.79 bits per heavy atom. The molecule has 10 heteroatoms. The number of carboxylic acids is 1. The van der Waals surface area contributed by atoms with Gasteiger partial charge in [-0.1, -0.05) is 26.0 Å². The van der Waals surface area contributed by atoms with Crippen LogP contribution in [-0.4, -0.2) is 25.9 Å². The molecule has 0 saturated carbocycles. The minimum Gasteiger partial charge on any atom is -0.545 e. The van der Waals surface area contributed by atoms with Crippen LogP contribution in [0.1, 0.15) is 46.5 Å². The number of anilines is 1. The molecular weight excluding hydrogens is 483 g/mol. The summed E-state index contributed by atoms with van der Waals surface area (Å²) < 4.78 is 34.5. The molecule has 1 aromatic heterocycles. The van der Waals surface area contributed by atoms with Crippen LogP contribution in [-0.2, 0) is 16.6 Å². The van der Waals surface area contributed by atoms with Gasteiger partial charge in [-0.05, 0) is 72.7 Å². The first-order chi connectivity index (χ1) is 15.5. The molecule has 2 aromatic carbocycles. The van der Waals surface area contributed by atoms with Crippen LogP contribution in [0.2, 0.25) is 0 Å². The second kappa shape index (κ2) is 11.7. The van der Waals surface area contributed by atoms with Crippen molar-refractivity contribution in [3.05, 3.63) is 69.7 Å². The van der Waals surface area contributed by atoms with Gasteiger partial charge in [0.05, 0.1) is 11.7 Å². The third kappa shape index (κ3) is 6.40. The molecule has 0 aliphatic rings. The largest absolute Gasteiger partial charge is 1.00 e. The number of nitrogens with zero attached hydrogens (tertiary/aromatic N) is 2. The fourth-order valence-corrected chi connectivity index (χ4v) is 5.88. The number of hydrogen-bond acceptors (Lipinski definition) is 7. The molecule has 0 saturated heterocycles. The number of rotatable bonds is 9. The fraction of sp³-hybridized carbons (Fsp3) is 0.333. The van der Waals surface area contributed by atoms with Crippen molar-refractivity contribution < 1.29 is 52.6 Å². The normalized spacial score (nSPS) is 11.2. The van der Waals surface area contributed by atoms with Crippen molar-refractivity contribution in [1.29, 1.82) is 0 Å². The van der Waals surface area contributed by atoms with Gasteiger partial charge >= 0.3 is 29.6 Å². The summed E-state index contributed by atoms with van der Waals surface area (Å²) >= 11 is 1.07. The fourth-order valence-electron chi connectivity index (χ4n) is 3.31. The predicted molar refractivity (Wildman–Crippen MR) is 127 cm³/mol. The van der Waals surface area contributed by atoms with Crippen molar-refractivity contribution >= 4 is 33.0 Å². The Morgan fingerprint density at radius 1 is 1.12 bits per heavy atom. The number of sulfonamides is 1. The molecule has 3 aromatic rings. The van der Waals surface area contributed by atoms with Gasteiger partial charge in [-0.15, -0.1) is 11.3 Å². The van der Waals surface area contributed by atoms with Gasteiger partial charge in [0.25, 0.3) is 10.0 Å². The van der Waals surface area contributed by atoms with E-state index in [2.05, 4.69) is 4.98 Å². The number of ether oxygens (including phenoxy) is 1. The maximum Gasteiger partial charge on any atom is 1.00 e. The maximum absolute atomic E-state index is 13.5. The summed E-state index contributed by atoms with van der Waals surface area (Å²) in [6.45, 7) is 9.98. The summed E-state index contributed by atoms with van der Waals surface area (Å²) in [6.07, 6.45) is 1.47. The molecule has 0 unspecified atom stereocenters. The summed E-state index contributed by atoms with van der Waals surface area (Å²) in [5.41, 5.74) is 3.99. The van der Waals surface area contributed by atoms with E-state index in [-0.39, 0.29) is 58.5 Å². The molecule has 0 aliphatic heterocycles. The van der Waals surface area contributed by atoms with E-state index in [0.717, 1.165) is 33.6 Å². The molecule has 0 fully saturated rings. The van der Waals surface area contributed by atoms with E-state index in [1.807, 2.05) is 39.8 Å². The number of carbonyl (C=O) groups is 1. The molecule has 34 heavy (non-hydrogen) atoms. The Morgan fingerprint density at radius 3 is 2.35 bits per heavy atom. The Balaban J connectivity index is 0.00000408.